The third-order valence-electron chi connectivity index (χ3n) is 2.59. The highest BCUT2D eigenvalue weighted by Gasteiger charge is 2.05. The van der Waals surface area contributed by atoms with Crippen LogP contribution in [0.2, 0.25) is 0 Å². The van der Waals surface area contributed by atoms with E-state index in [0.29, 0.717) is 5.82 Å². The summed E-state index contributed by atoms with van der Waals surface area (Å²) >= 11 is 0. The minimum Gasteiger partial charge on any atom is -0.368 e. The number of aromatic nitrogens is 4. The SMILES string of the molecule is Nc1nccc(Nc2ccccc2-n2cccn2)n1. The molecule has 0 saturated carbocycles. The Labute approximate surface area is 109 Å². The summed E-state index contributed by atoms with van der Waals surface area (Å²) in [5.74, 6) is 0.883. The van der Waals surface area contributed by atoms with E-state index in [4.69, 9.17) is 5.73 Å². The van der Waals surface area contributed by atoms with Gasteiger partial charge < -0.3 is 11.1 Å². The Morgan fingerprint density at radius 3 is 2.74 bits per heavy atom. The van der Waals surface area contributed by atoms with Gasteiger partial charge in [0.15, 0.2) is 0 Å². The van der Waals surface area contributed by atoms with Crippen LogP contribution in [0.4, 0.5) is 17.5 Å². The Bertz CT molecular complexity index is 677. The summed E-state index contributed by atoms with van der Waals surface area (Å²) in [6.07, 6.45) is 5.23. The maximum atomic E-state index is 5.57. The van der Waals surface area contributed by atoms with Crippen molar-refractivity contribution in [3.05, 3.63) is 55.0 Å². The van der Waals surface area contributed by atoms with E-state index in [1.807, 2.05) is 36.5 Å². The molecule has 0 aliphatic carbocycles. The summed E-state index contributed by atoms with van der Waals surface area (Å²) in [6.45, 7) is 0. The average molecular weight is 252 g/mol. The molecule has 0 unspecified atom stereocenters. The number of nitrogen functional groups attached to an aromatic ring is 1. The van der Waals surface area contributed by atoms with Crippen molar-refractivity contribution in [3.8, 4) is 5.69 Å². The molecule has 0 spiro atoms. The smallest absolute Gasteiger partial charge is 0.221 e. The zero-order valence-electron chi connectivity index (χ0n) is 10.1. The molecule has 0 bridgehead atoms. The molecule has 6 nitrogen and oxygen atoms in total. The van der Waals surface area contributed by atoms with Crippen molar-refractivity contribution in [2.45, 2.75) is 0 Å². The molecule has 2 aromatic heterocycles. The van der Waals surface area contributed by atoms with Crippen molar-refractivity contribution >= 4 is 17.5 Å². The number of rotatable bonds is 3. The molecule has 0 amide bonds. The molecule has 0 aliphatic heterocycles. The first-order valence-corrected chi connectivity index (χ1v) is 5.77. The Kier molecular flexibility index (Phi) is 2.82. The van der Waals surface area contributed by atoms with E-state index in [1.54, 1.807) is 23.1 Å². The quantitative estimate of drug-likeness (QED) is 0.745. The average Bonchev–Trinajstić information content (AvgIpc) is 2.93. The van der Waals surface area contributed by atoms with Crippen LogP contribution in [0.1, 0.15) is 0 Å². The molecule has 3 rings (SSSR count). The van der Waals surface area contributed by atoms with Crippen LogP contribution in [-0.2, 0) is 0 Å². The fourth-order valence-corrected chi connectivity index (χ4v) is 1.77. The van der Waals surface area contributed by atoms with Crippen LogP contribution in [0.5, 0.6) is 0 Å². The molecular weight excluding hydrogens is 240 g/mol. The molecule has 94 valence electrons. The molecule has 0 atom stereocenters. The van der Waals surface area contributed by atoms with Crippen LogP contribution in [0.15, 0.2) is 55.0 Å². The monoisotopic (exact) mass is 252 g/mol. The number of nitrogens with zero attached hydrogens (tertiary/aromatic N) is 4. The van der Waals surface area contributed by atoms with Crippen LogP contribution in [0.3, 0.4) is 0 Å². The maximum Gasteiger partial charge on any atom is 0.221 e. The number of nitrogens with two attached hydrogens (primary N) is 1. The Morgan fingerprint density at radius 1 is 1.05 bits per heavy atom. The van der Waals surface area contributed by atoms with Gasteiger partial charge in [0.05, 0.1) is 11.4 Å². The molecule has 19 heavy (non-hydrogen) atoms. The molecular formula is C13H12N6. The fourth-order valence-electron chi connectivity index (χ4n) is 1.77. The number of anilines is 3. The van der Waals surface area contributed by atoms with Crippen LogP contribution in [0, 0.1) is 0 Å². The van der Waals surface area contributed by atoms with Crippen molar-refractivity contribution in [2.75, 3.05) is 11.1 Å². The molecule has 2 heterocycles. The summed E-state index contributed by atoms with van der Waals surface area (Å²) in [5.41, 5.74) is 7.39. The highest BCUT2D eigenvalue weighted by molar-refractivity contribution is 5.67. The largest absolute Gasteiger partial charge is 0.368 e. The van der Waals surface area contributed by atoms with Gasteiger partial charge >= 0.3 is 0 Å². The fraction of sp³-hybridized carbons (Fsp3) is 0. The summed E-state index contributed by atoms with van der Waals surface area (Å²) in [5, 5.41) is 7.44. The Morgan fingerprint density at radius 2 is 1.95 bits per heavy atom. The van der Waals surface area contributed by atoms with E-state index >= 15 is 0 Å². The number of hydrogen-bond donors (Lipinski definition) is 2. The van der Waals surface area contributed by atoms with Crippen molar-refractivity contribution in [1.29, 1.82) is 0 Å². The topological polar surface area (TPSA) is 81.6 Å². The number of benzene rings is 1. The molecule has 3 N–H and O–H groups in total. The Hall–Kier alpha value is -2.89. The Balaban J connectivity index is 1.97. The summed E-state index contributed by atoms with van der Waals surface area (Å²) in [7, 11) is 0. The highest BCUT2D eigenvalue weighted by atomic mass is 15.3. The molecule has 6 heteroatoms. The van der Waals surface area contributed by atoms with Gasteiger partial charge in [-0.15, -0.1) is 0 Å². The van der Waals surface area contributed by atoms with Gasteiger partial charge in [0.1, 0.15) is 5.82 Å². The van der Waals surface area contributed by atoms with Crippen molar-refractivity contribution < 1.29 is 0 Å². The van der Waals surface area contributed by atoms with Gasteiger partial charge in [0.25, 0.3) is 0 Å². The van der Waals surface area contributed by atoms with E-state index in [2.05, 4.69) is 20.4 Å². The van der Waals surface area contributed by atoms with Gasteiger partial charge in [-0.3, -0.25) is 0 Å². The first-order chi connectivity index (χ1) is 9.33. The summed E-state index contributed by atoms with van der Waals surface area (Å²) in [6, 6.07) is 11.5. The van der Waals surface area contributed by atoms with Gasteiger partial charge in [-0.25, -0.2) is 9.67 Å². The van der Waals surface area contributed by atoms with Crippen molar-refractivity contribution in [1.82, 2.24) is 19.7 Å². The lowest BCUT2D eigenvalue weighted by atomic mass is 10.2. The minimum atomic E-state index is 0.238. The van der Waals surface area contributed by atoms with Crippen molar-refractivity contribution in [3.63, 3.8) is 0 Å². The zero-order valence-corrected chi connectivity index (χ0v) is 10.1. The van der Waals surface area contributed by atoms with Crippen LogP contribution >= 0.6 is 0 Å². The highest BCUT2D eigenvalue weighted by Crippen LogP contribution is 2.22. The number of hydrogen-bond acceptors (Lipinski definition) is 5. The number of para-hydroxylation sites is 2. The van der Waals surface area contributed by atoms with Gasteiger partial charge in [-0.1, -0.05) is 12.1 Å². The molecule has 1 aromatic carbocycles. The maximum absolute atomic E-state index is 5.57. The van der Waals surface area contributed by atoms with Gasteiger partial charge in [-0.2, -0.15) is 10.1 Å². The van der Waals surface area contributed by atoms with Crippen LogP contribution in [-0.4, -0.2) is 19.7 Å². The standard InChI is InChI=1S/C13H12N6/c14-13-15-8-6-12(18-13)17-10-4-1-2-5-11(10)19-9-3-7-16-19/h1-9H,(H3,14,15,17,18). The summed E-state index contributed by atoms with van der Waals surface area (Å²) < 4.78 is 1.78. The minimum absolute atomic E-state index is 0.238. The zero-order chi connectivity index (χ0) is 13.1. The molecule has 3 aromatic rings. The lowest BCUT2D eigenvalue weighted by Gasteiger charge is -2.11. The van der Waals surface area contributed by atoms with Gasteiger partial charge in [-0.05, 0) is 24.3 Å². The van der Waals surface area contributed by atoms with Crippen LogP contribution in [0.25, 0.3) is 5.69 Å². The van der Waals surface area contributed by atoms with Gasteiger partial charge in [0, 0.05) is 18.6 Å². The predicted octanol–water partition coefficient (Wildman–Crippen LogP) is 1.99. The molecule has 0 aliphatic rings. The van der Waals surface area contributed by atoms with Gasteiger partial charge in [0.2, 0.25) is 5.95 Å². The second kappa shape index (κ2) is 4.77. The van der Waals surface area contributed by atoms with E-state index in [1.165, 1.54) is 0 Å². The van der Waals surface area contributed by atoms with Crippen molar-refractivity contribution in [2.24, 2.45) is 0 Å². The third-order valence-corrected chi connectivity index (χ3v) is 2.59. The number of nitrogens with one attached hydrogen (secondary N) is 1. The van der Waals surface area contributed by atoms with E-state index in [9.17, 15) is 0 Å². The van der Waals surface area contributed by atoms with E-state index < -0.39 is 0 Å². The normalized spacial score (nSPS) is 10.3. The van der Waals surface area contributed by atoms with E-state index in [-0.39, 0.29) is 5.95 Å². The second-order valence-corrected chi connectivity index (χ2v) is 3.89. The first-order valence-electron chi connectivity index (χ1n) is 5.77. The molecule has 0 fully saturated rings. The predicted molar refractivity (Wildman–Crippen MR) is 73.3 cm³/mol. The van der Waals surface area contributed by atoms with E-state index in [0.717, 1.165) is 11.4 Å². The second-order valence-electron chi connectivity index (χ2n) is 3.89. The third kappa shape index (κ3) is 2.37. The van der Waals surface area contributed by atoms with Crippen LogP contribution < -0.4 is 11.1 Å². The molecule has 0 radical (unpaired) electrons. The lowest BCUT2D eigenvalue weighted by Crippen LogP contribution is -2.03. The lowest BCUT2D eigenvalue weighted by molar-refractivity contribution is 0.882. The summed E-state index contributed by atoms with van der Waals surface area (Å²) in [4.78, 5) is 7.98. The molecule has 0 saturated heterocycles. The first kappa shape index (κ1) is 11.2.